The molecule has 1 amide bonds. The second-order valence-corrected chi connectivity index (χ2v) is 10.4. The number of hydrazone groups is 1. The van der Waals surface area contributed by atoms with E-state index >= 15 is 0 Å². The zero-order valence-corrected chi connectivity index (χ0v) is 20.2. The summed E-state index contributed by atoms with van der Waals surface area (Å²) in [6, 6.07) is 9.05. The van der Waals surface area contributed by atoms with E-state index in [0.29, 0.717) is 17.9 Å². The maximum absolute atomic E-state index is 13.0. The molecule has 1 fully saturated rings. The summed E-state index contributed by atoms with van der Waals surface area (Å²) in [5.41, 5.74) is 5.36. The lowest BCUT2D eigenvalue weighted by Crippen LogP contribution is -2.44. The molecule has 7 nitrogen and oxygen atoms in total. The van der Waals surface area contributed by atoms with Crippen LogP contribution in [0.2, 0.25) is 5.02 Å². The largest absolute Gasteiger partial charge is 0.496 e. The fourth-order valence-corrected chi connectivity index (χ4v) is 5.54. The van der Waals surface area contributed by atoms with Crippen molar-refractivity contribution in [2.24, 2.45) is 5.10 Å². The number of nitrogens with zero attached hydrogens (tertiary/aromatic N) is 2. The highest BCUT2D eigenvalue weighted by Crippen LogP contribution is 2.29. The van der Waals surface area contributed by atoms with Gasteiger partial charge in [-0.3, -0.25) is 4.79 Å². The SMILES string of the molecule is COc1cc(C)c(/C=N\NC(=O)[C@@H]2CCCN2S(=O)(=O)c2ccc(Cl)cc2)cc1C(C)C. The normalized spacial score (nSPS) is 17.2. The van der Waals surface area contributed by atoms with Gasteiger partial charge in [0.15, 0.2) is 0 Å². The lowest BCUT2D eigenvalue weighted by molar-refractivity contribution is -0.124. The number of carbonyl (C=O) groups is 1. The highest BCUT2D eigenvalue weighted by atomic mass is 35.5. The lowest BCUT2D eigenvalue weighted by Gasteiger charge is -2.22. The number of carbonyl (C=O) groups excluding carboxylic acids is 1. The summed E-state index contributed by atoms with van der Waals surface area (Å²) in [6.07, 6.45) is 2.61. The highest BCUT2D eigenvalue weighted by Gasteiger charge is 2.39. The van der Waals surface area contributed by atoms with Crippen LogP contribution in [0.15, 0.2) is 46.4 Å². The molecule has 172 valence electrons. The van der Waals surface area contributed by atoms with Gasteiger partial charge < -0.3 is 4.74 Å². The Morgan fingerprint density at radius 2 is 1.97 bits per heavy atom. The van der Waals surface area contributed by atoms with Crippen LogP contribution in [-0.2, 0) is 14.8 Å². The van der Waals surface area contributed by atoms with E-state index in [0.717, 1.165) is 22.4 Å². The van der Waals surface area contributed by atoms with E-state index in [1.807, 2.05) is 19.1 Å². The Balaban J connectivity index is 1.75. The smallest absolute Gasteiger partial charge is 0.258 e. The second-order valence-electron chi connectivity index (χ2n) is 8.07. The third-order valence-electron chi connectivity index (χ3n) is 5.55. The molecule has 1 aliphatic rings. The minimum Gasteiger partial charge on any atom is -0.496 e. The van der Waals surface area contributed by atoms with E-state index in [9.17, 15) is 13.2 Å². The minimum absolute atomic E-state index is 0.111. The van der Waals surface area contributed by atoms with Crippen LogP contribution in [0.5, 0.6) is 5.75 Å². The van der Waals surface area contributed by atoms with Gasteiger partial charge in [-0.1, -0.05) is 25.4 Å². The second kappa shape index (κ2) is 10.0. The standard InChI is InChI=1S/C23H28ClN3O4S/c1-15(2)20-13-17(16(3)12-22(20)31-4)14-25-26-23(28)21-6-5-11-27(21)32(29,30)19-9-7-18(24)8-10-19/h7-10,12-15,21H,5-6,11H2,1-4H3,(H,26,28)/b25-14-/t21-/m0/s1. The molecular formula is C23H28ClN3O4S. The van der Waals surface area contributed by atoms with Crippen LogP contribution in [0, 0.1) is 6.92 Å². The molecule has 0 unspecified atom stereocenters. The molecule has 0 bridgehead atoms. The molecule has 2 aromatic rings. The Labute approximate surface area is 194 Å². The molecule has 1 atom stereocenters. The van der Waals surface area contributed by atoms with E-state index < -0.39 is 22.0 Å². The van der Waals surface area contributed by atoms with E-state index in [1.54, 1.807) is 13.3 Å². The number of methoxy groups -OCH3 is 1. The predicted octanol–water partition coefficient (Wildman–Crippen LogP) is 4.08. The maximum Gasteiger partial charge on any atom is 0.258 e. The van der Waals surface area contributed by atoms with Gasteiger partial charge >= 0.3 is 0 Å². The van der Waals surface area contributed by atoms with Crippen molar-refractivity contribution in [1.82, 2.24) is 9.73 Å². The number of ether oxygens (including phenoxy) is 1. The summed E-state index contributed by atoms with van der Waals surface area (Å²) in [7, 11) is -2.17. The monoisotopic (exact) mass is 477 g/mol. The molecule has 1 saturated heterocycles. The van der Waals surface area contributed by atoms with Crippen molar-refractivity contribution in [3.05, 3.63) is 58.1 Å². The minimum atomic E-state index is -3.81. The Morgan fingerprint density at radius 3 is 2.59 bits per heavy atom. The Morgan fingerprint density at radius 1 is 1.28 bits per heavy atom. The van der Waals surface area contributed by atoms with Gasteiger partial charge in [0.05, 0.1) is 18.2 Å². The van der Waals surface area contributed by atoms with Crippen LogP contribution < -0.4 is 10.2 Å². The molecule has 0 radical (unpaired) electrons. The van der Waals surface area contributed by atoms with E-state index in [1.165, 1.54) is 28.6 Å². The van der Waals surface area contributed by atoms with Gasteiger partial charge in [0.25, 0.3) is 5.91 Å². The summed E-state index contributed by atoms with van der Waals surface area (Å²) >= 11 is 5.87. The van der Waals surface area contributed by atoms with Crippen molar-refractivity contribution in [3.8, 4) is 5.75 Å². The van der Waals surface area contributed by atoms with E-state index in [4.69, 9.17) is 16.3 Å². The van der Waals surface area contributed by atoms with Crippen LogP contribution in [-0.4, -0.2) is 44.5 Å². The summed E-state index contributed by atoms with van der Waals surface area (Å²) in [6.45, 7) is 6.37. The number of sulfonamides is 1. The Kier molecular flexibility index (Phi) is 7.59. The number of aryl methyl sites for hydroxylation is 1. The van der Waals surface area contributed by atoms with Crippen LogP contribution in [0.25, 0.3) is 0 Å². The van der Waals surface area contributed by atoms with Crippen molar-refractivity contribution in [1.29, 1.82) is 0 Å². The summed E-state index contributed by atoms with van der Waals surface area (Å²) in [5.74, 6) is 0.622. The van der Waals surface area contributed by atoms with Crippen molar-refractivity contribution in [2.75, 3.05) is 13.7 Å². The Hall–Kier alpha value is -2.42. The van der Waals surface area contributed by atoms with Crippen molar-refractivity contribution >= 4 is 33.7 Å². The molecule has 3 rings (SSSR count). The zero-order valence-electron chi connectivity index (χ0n) is 18.6. The fraction of sp³-hybridized carbons (Fsp3) is 0.391. The van der Waals surface area contributed by atoms with Crippen molar-refractivity contribution in [3.63, 3.8) is 0 Å². The number of hydrogen-bond acceptors (Lipinski definition) is 5. The zero-order chi connectivity index (χ0) is 23.5. The maximum atomic E-state index is 13.0. The third kappa shape index (κ3) is 5.14. The molecular weight excluding hydrogens is 450 g/mol. The first-order valence-electron chi connectivity index (χ1n) is 10.4. The van der Waals surface area contributed by atoms with Crippen LogP contribution in [0.3, 0.4) is 0 Å². The highest BCUT2D eigenvalue weighted by molar-refractivity contribution is 7.89. The number of halogens is 1. The van der Waals surface area contributed by atoms with Gasteiger partial charge in [0.2, 0.25) is 10.0 Å². The number of hydrogen-bond donors (Lipinski definition) is 1. The van der Waals surface area contributed by atoms with Gasteiger partial charge in [-0.25, -0.2) is 13.8 Å². The quantitative estimate of drug-likeness (QED) is 0.480. The molecule has 0 aliphatic carbocycles. The number of nitrogens with one attached hydrogen (secondary N) is 1. The Bertz CT molecular complexity index is 1110. The molecule has 1 N–H and O–H groups in total. The first-order chi connectivity index (χ1) is 15.1. The number of amides is 1. The molecule has 32 heavy (non-hydrogen) atoms. The van der Waals surface area contributed by atoms with Crippen LogP contribution in [0.4, 0.5) is 0 Å². The molecule has 1 heterocycles. The molecule has 0 spiro atoms. The number of rotatable bonds is 7. The first kappa shape index (κ1) is 24.2. The van der Waals surface area contributed by atoms with Crippen molar-refractivity contribution in [2.45, 2.75) is 50.5 Å². The molecule has 0 saturated carbocycles. The van der Waals surface area contributed by atoms with Gasteiger partial charge in [0.1, 0.15) is 11.8 Å². The average molecular weight is 478 g/mol. The van der Waals surface area contributed by atoms with E-state index in [-0.39, 0.29) is 17.4 Å². The predicted molar refractivity (Wildman–Crippen MR) is 126 cm³/mol. The van der Waals surface area contributed by atoms with Gasteiger partial charge in [-0.15, -0.1) is 0 Å². The molecule has 2 aromatic carbocycles. The fourth-order valence-electron chi connectivity index (χ4n) is 3.75. The van der Waals surface area contributed by atoms with Gasteiger partial charge in [-0.2, -0.15) is 9.41 Å². The summed E-state index contributed by atoms with van der Waals surface area (Å²) in [5, 5.41) is 4.55. The average Bonchev–Trinajstić information content (AvgIpc) is 3.25. The first-order valence-corrected chi connectivity index (χ1v) is 12.3. The van der Waals surface area contributed by atoms with Crippen LogP contribution in [0.1, 0.15) is 49.3 Å². The molecule has 9 heteroatoms. The van der Waals surface area contributed by atoms with Crippen LogP contribution >= 0.6 is 11.6 Å². The molecule has 1 aliphatic heterocycles. The third-order valence-corrected chi connectivity index (χ3v) is 7.72. The van der Waals surface area contributed by atoms with Gasteiger partial charge in [0, 0.05) is 11.6 Å². The van der Waals surface area contributed by atoms with Crippen molar-refractivity contribution < 1.29 is 17.9 Å². The molecule has 0 aromatic heterocycles. The number of benzene rings is 2. The topological polar surface area (TPSA) is 88.1 Å². The lowest BCUT2D eigenvalue weighted by atomic mass is 9.97. The summed E-state index contributed by atoms with van der Waals surface area (Å²) in [4.78, 5) is 12.9. The van der Waals surface area contributed by atoms with E-state index in [2.05, 4.69) is 24.4 Å². The van der Waals surface area contributed by atoms with Gasteiger partial charge in [-0.05, 0) is 78.8 Å². The summed E-state index contributed by atoms with van der Waals surface area (Å²) < 4.78 is 32.7.